The molecule has 8 heteroatoms. The van der Waals surface area contributed by atoms with E-state index in [2.05, 4.69) is 10.3 Å². The Balaban J connectivity index is 1.30. The fraction of sp³-hybridized carbons (Fsp3) is 0.0714. The number of hydrogen-bond acceptors (Lipinski definition) is 5. The lowest BCUT2D eigenvalue weighted by atomic mass is 10.1. The maximum absolute atomic E-state index is 12.9. The van der Waals surface area contributed by atoms with Crippen LogP contribution in [0, 0.1) is 0 Å². The van der Waals surface area contributed by atoms with Crippen LogP contribution in [-0.2, 0) is 6.61 Å². The van der Waals surface area contributed by atoms with E-state index in [9.17, 15) is 4.79 Å². The second kappa shape index (κ2) is 10.3. The minimum Gasteiger partial charge on any atom is -0.493 e. The zero-order valence-corrected chi connectivity index (χ0v) is 20.6. The van der Waals surface area contributed by atoms with Gasteiger partial charge in [0.15, 0.2) is 17.1 Å². The van der Waals surface area contributed by atoms with Crippen LogP contribution in [0.4, 0.5) is 5.69 Å². The van der Waals surface area contributed by atoms with Crippen molar-refractivity contribution in [3.05, 3.63) is 106 Å². The Bertz CT molecular complexity index is 1550. The number of rotatable bonds is 7. The second-order valence-electron chi connectivity index (χ2n) is 7.95. The molecular formula is C28H20Cl2N2O4. The molecule has 0 atom stereocenters. The van der Waals surface area contributed by atoms with Gasteiger partial charge < -0.3 is 19.2 Å². The number of carbonyl (C=O) groups is 1. The molecule has 0 unspecified atom stereocenters. The number of hydrogen-bond donors (Lipinski definition) is 1. The third-order valence-corrected chi connectivity index (χ3v) is 5.94. The zero-order valence-electron chi connectivity index (χ0n) is 19.1. The highest BCUT2D eigenvalue weighted by Crippen LogP contribution is 2.30. The first-order valence-electron chi connectivity index (χ1n) is 11.0. The zero-order chi connectivity index (χ0) is 25.1. The van der Waals surface area contributed by atoms with Crippen molar-refractivity contribution in [2.45, 2.75) is 6.61 Å². The van der Waals surface area contributed by atoms with E-state index in [-0.39, 0.29) is 5.91 Å². The standard InChI is InChI=1S/C28H20Cl2N2O4/c1-34-26-14-18(7-11-25(26)35-16-17-5-8-20(29)9-6-17)27(33)31-22-10-12-24-23(15-22)32-28(36-24)19-3-2-4-21(30)13-19/h2-15H,16H2,1H3,(H,31,33). The Morgan fingerprint density at radius 3 is 2.53 bits per heavy atom. The first-order chi connectivity index (χ1) is 17.5. The SMILES string of the molecule is COc1cc(C(=O)Nc2ccc3oc(-c4cccc(Cl)c4)nc3c2)ccc1OCc1ccc(Cl)cc1. The molecule has 0 bridgehead atoms. The number of carbonyl (C=O) groups excluding carboxylic acids is 1. The van der Waals surface area contributed by atoms with Crippen molar-refractivity contribution in [2.24, 2.45) is 0 Å². The van der Waals surface area contributed by atoms with Gasteiger partial charge in [0.25, 0.3) is 5.91 Å². The van der Waals surface area contributed by atoms with Crippen LogP contribution in [0.25, 0.3) is 22.6 Å². The summed E-state index contributed by atoms with van der Waals surface area (Å²) in [6.45, 7) is 0.341. The highest BCUT2D eigenvalue weighted by Gasteiger charge is 2.14. The van der Waals surface area contributed by atoms with Gasteiger partial charge in [-0.05, 0) is 72.3 Å². The van der Waals surface area contributed by atoms with Crippen LogP contribution in [0.3, 0.4) is 0 Å². The van der Waals surface area contributed by atoms with E-state index in [1.165, 1.54) is 7.11 Å². The lowest BCUT2D eigenvalue weighted by molar-refractivity contribution is 0.102. The highest BCUT2D eigenvalue weighted by molar-refractivity contribution is 6.31. The number of nitrogens with one attached hydrogen (secondary N) is 1. The summed E-state index contributed by atoms with van der Waals surface area (Å²) in [5, 5.41) is 4.15. The van der Waals surface area contributed by atoms with Gasteiger partial charge in [0.1, 0.15) is 12.1 Å². The molecule has 1 heterocycles. The number of anilines is 1. The minimum absolute atomic E-state index is 0.296. The number of oxazole rings is 1. The van der Waals surface area contributed by atoms with Crippen LogP contribution in [0.15, 0.2) is 89.3 Å². The van der Waals surface area contributed by atoms with E-state index in [4.69, 9.17) is 37.1 Å². The molecular weight excluding hydrogens is 499 g/mol. The van der Waals surface area contributed by atoms with E-state index < -0.39 is 0 Å². The van der Waals surface area contributed by atoms with E-state index >= 15 is 0 Å². The topological polar surface area (TPSA) is 73.6 Å². The molecule has 0 aliphatic carbocycles. The van der Waals surface area contributed by atoms with Gasteiger partial charge in [0.05, 0.1) is 7.11 Å². The number of ether oxygens (including phenoxy) is 2. The summed E-state index contributed by atoms with van der Waals surface area (Å²) in [6, 6.07) is 25.0. The van der Waals surface area contributed by atoms with Gasteiger partial charge in [-0.15, -0.1) is 0 Å². The molecule has 0 saturated heterocycles. The molecule has 180 valence electrons. The predicted molar refractivity (Wildman–Crippen MR) is 141 cm³/mol. The maximum atomic E-state index is 12.9. The first kappa shape index (κ1) is 23.7. The summed E-state index contributed by atoms with van der Waals surface area (Å²) in [5.41, 5.74) is 3.96. The van der Waals surface area contributed by atoms with Gasteiger partial charge in [0.2, 0.25) is 5.89 Å². The normalized spacial score (nSPS) is 10.9. The number of amides is 1. The first-order valence-corrected chi connectivity index (χ1v) is 11.8. The molecule has 0 radical (unpaired) electrons. The lowest BCUT2D eigenvalue weighted by Gasteiger charge is -2.12. The monoisotopic (exact) mass is 518 g/mol. The van der Waals surface area contributed by atoms with Crippen molar-refractivity contribution in [1.29, 1.82) is 0 Å². The molecule has 0 spiro atoms. The molecule has 4 aromatic carbocycles. The Labute approximate surface area is 217 Å². The third kappa shape index (κ3) is 5.30. The summed E-state index contributed by atoms with van der Waals surface area (Å²) in [4.78, 5) is 17.5. The average Bonchev–Trinajstić information content (AvgIpc) is 3.32. The lowest BCUT2D eigenvalue weighted by Crippen LogP contribution is -2.12. The van der Waals surface area contributed by atoms with Crippen LogP contribution < -0.4 is 14.8 Å². The second-order valence-corrected chi connectivity index (χ2v) is 8.82. The van der Waals surface area contributed by atoms with Crippen molar-refractivity contribution < 1.29 is 18.7 Å². The van der Waals surface area contributed by atoms with Gasteiger partial charge >= 0.3 is 0 Å². The van der Waals surface area contributed by atoms with E-state index in [1.807, 2.05) is 24.3 Å². The number of fused-ring (bicyclic) bond motifs is 1. The van der Waals surface area contributed by atoms with Crippen LogP contribution in [0.2, 0.25) is 10.0 Å². The summed E-state index contributed by atoms with van der Waals surface area (Å²) in [5.74, 6) is 1.14. The summed E-state index contributed by atoms with van der Waals surface area (Å²) >= 11 is 12.0. The molecule has 1 N–H and O–H groups in total. The number of nitrogens with zero attached hydrogens (tertiary/aromatic N) is 1. The Kier molecular flexibility index (Phi) is 6.80. The molecule has 5 rings (SSSR count). The summed E-state index contributed by atoms with van der Waals surface area (Å²) < 4.78 is 17.2. The Morgan fingerprint density at radius 1 is 0.917 bits per heavy atom. The van der Waals surface area contributed by atoms with E-state index in [0.29, 0.717) is 56.4 Å². The highest BCUT2D eigenvalue weighted by atomic mass is 35.5. The molecule has 0 aliphatic rings. The van der Waals surface area contributed by atoms with Gasteiger partial charge in [0, 0.05) is 26.9 Å². The van der Waals surface area contributed by atoms with E-state index in [1.54, 1.807) is 60.7 Å². The fourth-order valence-corrected chi connectivity index (χ4v) is 3.94. The molecule has 0 aliphatic heterocycles. The Morgan fingerprint density at radius 2 is 1.75 bits per heavy atom. The average molecular weight is 519 g/mol. The van der Waals surface area contributed by atoms with Gasteiger partial charge in [-0.2, -0.15) is 0 Å². The smallest absolute Gasteiger partial charge is 0.255 e. The molecule has 0 fully saturated rings. The quantitative estimate of drug-likeness (QED) is 0.239. The number of aromatic nitrogens is 1. The Hall–Kier alpha value is -4.00. The van der Waals surface area contributed by atoms with Gasteiger partial charge in [-0.25, -0.2) is 4.98 Å². The van der Waals surface area contributed by atoms with Crippen LogP contribution in [-0.4, -0.2) is 18.0 Å². The predicted octanol–water partition coefficient (Wildman–Crippen LogP) is 7.64. The molecule has 6 nitrogen and oxygen atoms in total. The summed E-state index contributed by atoms with van der Waals surface area (Å²) in [7, 11) is 1.53. The number of methoxy groups -OCH3 is 1. The minimum atomic E-state index is -0.296. The number of halogens is 2. The fourth-order valence-electron chi connectivity index (χ4n) is 3.62. The van der Waals surface area contributed by atoms with E-state index in [0.717, 1.165) is 11.1 Å². The van der Waals surface area contributed by atoms with Crippen molar-refractivity contribution in [3.63, 3.8) is 0 Å². The van der Waals surface area contributed by atoms with Crippen LogP contribution >= 0.6 is 23.2 Å². The van der Waals surface area contributed by atoms with Crippen molar-refractivity contribution in [2.75, 3.05) is 12.4 Å². The molecule has 1 aromatic heterocycles. The molecule has 5 aromatic rings. The maximum Gasteiger partial charge on any atom is 0.255 e. The van der Waals surface area contributed by atoms with Gasteiger partial charge in [-0.3, -0.25) is 4.79 Å². The molecule has 36 heavy (non-hydrogen) atoms. The van der Waals surface area contributed by atoms with Crippen molar-refractivity contribution >= 4 is 45.9 Å². The molecule has 1 amide bonds. The van der Waals surface area contributed by atoms with Gasteiger partial charge in [-0.1, -0.05) is 41.4 Å². The van der Waals surface area contributed by atoms with Crippen LogP contribution in [0.1, 0.15) is 15.9 Å². The van der Waals surface area contributed by atoms with Crippen molar-refractivity contribution in [3.8, 4) is 23.0 Å². The molecule has 0 saturated carbocycles. The van der Waals surface area contributed by atoms with Crippen LogP contribution in [0.5, 0.6) is 11.5 Å². The van der Waals surface area contributed by atoms with Crippen molar-refractivity contribution in [1.82, 2.24) is 4.98 Å². The largest absolute Gasteiger partial charge is 0.493 e. The summed E-state index contributed by atoms with van der Waals surface area (Å²) in [6.07, 6.45) is 0. The number of benzene rings is 4. The third-order valence-electron chi connectivity index (χ3n) is 5.45.